The first-order chi connectivity index (χ1) is 45.2. The molecule has 0 saturated heterocycles. The van der Waals surface area contributed by atoms with Crippen LogP contribution in [0.4, 0.5) is 34.1 Å². The Bertz CT molecular complexity index is 5140. The Morgan fingerprint density at radius 3 is 1.31 bits per heavy atom. The van der Waals surface area contributed by atoms with Crippen LogP contribution in [-0.4, -0.2) is 11.3 Å². The van der Waals surface area contributed by atoms with Crippen LogP contribution in [0.25, 0.3) is 94.3 Å². The topological polar surface area (TPSA) is 11.4 Å². The van der Waals surface area contributed by atoms with Crippen LogP contribution in [0.2, 0.25) is 0 Å². The molecule has 0 radical (unpaired) electrons. The van der Waals surface area contributed by atoms with Crippen LogP contribution in [0.1, 0.15) is 77.6 Å². The van der Waals surface area contributed by atoms with Crippen molar-refractivity contribution in [1.82, 2.24) is 4.57 Å². The van der Waals surface area contributed by atoms with Crippen molar-refractivity contribution in [1.29, 1.82) is 0 Å². The zero-order valence-corrected chi connectivity index (χ0v) is 54.1. The molecule has 4 heteroatoms. The van der Waals surface area contributed by atoms with Gasteiger partial charge in [0, 0.05) is 66.9 Å². The number of nitrogens with zero attached hydrogens (tertiary/aromatic N) is 3. The van der Waals surface area contributed by atoms with E-state index in [0.717, 1.165) is 67.5 Å². The molecule has 93 heavy (non-hydrogen) atoms. The highest BCUT2D eigenvalue weighted by atomic mass is 15.2. The quantitative estimate of drug-likeness (QED) is 0.141. The molecule has 0 amide bonds. The van der Waals surface area contributed by atoms with Crippen molar-refractivity contribution in [2.45, 2.75) is 71.6 Å². The van der Waals surface area contributed by atoms with Crippen molar-refractivity contribution in [3.63, 3.8) is 0 Å². The summed E-state index contributed by atoms with van der Waals surface area (Å²) in [6.07, 6.45) is 0. The predicted molar refractivity (Wildman–Crippen MR) is 397 cm³/mol. The minimum Gasteiger partial charge on any atom is -0.310 e. The van der Waals surface area contributed by atoms with Crippen LogP contribution in [0.5, 0.6) is 0 Å². The molecule has 14 aromatic rings. The van der Waals surface area contributed by atoms with Gasteiger partial charge in [0.05, 0.1) is 22.4 Å². The average molecular weight is 1190 g/mol. The van der Waals surface area contributed by atoms with Crippen molar-refractivity contribution >= 4 is 79.0 Å². The highest BCUT2D eigenvalue weighted by molar-refractivity contribution is 7.00. The van der Waals surface area contributed by atoms with Gasteiger partial charge < -0.3 is 14.4 Å². The SMILES string of the molecule is CC(C)(C)c1ccc2c(c1)B1c3ccc(-n4c5ccccc5c5ccccc54)cc3N(c3c(-c4ccccc4)cc(C(C)(C)C)cc3-c3ccccc3)c3cc(-c4cccc5c4C(C)(C)c4ccccc4-5)cc(c31)N2c1c(-c2ccccc2)cccc1-c1ccccc1. The van der Waals surface area contributed by atoms with Gasteiger partial charge in [-0.05, 0) is 149 Å². The van der Waals surface area contributed by atoms with Crippen molar-refractivity contribution in [3.8, 4) is 72.4 Å². The molecule has 0 spiro atoms. The molecule has 13 aromatic carbocycles. The predicted octanol–water partition coefficient (Wildman–Crippen LogP) is 22.1. The summed E-state index contributed by atoms with van der Waals surface area (Å²) >= 11 is 0. The second-order valence-electron chi connectivity index (χ2n) is 28.4. The molecule has 2 aliphatic heterocycles. The van der Waals surface area contributed by atoms with Gasteiger partial charge in [0.15, 0.2) is 0 Å². The number of benzene rings is 13. The highest BCUT2D eigenvalue weighted by Gasteiger charge is 2.47. The van der Waals surface area contributed by atoms with Crippen LogP contribution in [0, 0.1) is 0 Å². The van der Waals surface area contributed by atoms with Gasteiger partial charge in [-0.3, -0.25) is 0 Å². The fourth-order valence-corrected chi connectivity index (χ4v) is 16.0. The van der Waals surface area contributed by atoms with Crippen molar-refractivity contribution in [2.24, 2.45) is 0 Å². The van der Waals surface area contributed by atoms with Crippen LogP contribution in [0.15, 0.2) is 291 Å². The van der Waals surface area contributed by atoms with Crippen LogP contribution in [-0.2, 0) is 16.2 Å². The lowest BCUT2D eigenvalue weighted by molar-refractivity contribution is 0.590. The monoisotopic (exact) mass is 1190 g/mol. The standard InChI is InChI=1S/C89H72BN3/c1-87(2,3)62-47-50-79-76(55-62)90-75-49-48-64(91-77-45-25-22-38-69(77)70-39-23-26-46-78(70)91)56-80(75)93(86-72(59-33-17-11-18-34-59)53-63(88(4,5)6)54-73(86)60-35-19-12-20-36-60)82-52-61(65-40-27-43-71-68-37-21-24-44-74(68)89(7,8)83(65)71)51-81(84(82)90)92(79)85-66(57-29-13-9-14-30-57)41-28-42-67(85)58-31-15-10-16-32-58/h9-56H,1-8H3. The Kier molecular flexibility index (Phi) is 12.8. The lowest BCUT2D eigenvalue weighted by Crippen LogP contribution is -2.61. The third kappa shape index (κ3) is 8.86. The van der Waals surface area contributed by atoms with Gasteiger partial charge in [0.1, 0.15) is 0 Å². The van der Waals surface area contributed by atoms with E-state index in [0.29, 0.717) is 0 Å². The number of fused-ring (bicyclic) bond motifs is 10. The summed E-state index contributed by atoms with van der Waals surface area (Å²) in [4.78, 5) is 5.44. The summed E-state index contributed by atoms with van der Waals surface area (Å²) in [6, 6.07) is 111. The molecule has 0 unspecified atom stereocenters. The third-order valence-electron chi connectivity index (χ3n) is 20.4. The number of anilines is 6. The van der Waals surface area contributed by atoms with E-state index in [1.165, 1.54) is 99.5 Å². The number of aromatic nitrogens is 1. The Hall–Kier alpha value is -10.7. The van der Waals surface area contributed by atoms with E-state index in [1.807, 2.05) is 0 Å². The van der Waals surface area contributed by atoms with Crippen LogP contribution < -0.4 is 26.2 Å². The molecular formula is C89H72BN3. The Labute approximate surface area is 547 Å². The first-order valence-corrected chi connectivity index (χ1v) is 33.0. The van der Waals surface area contributed by atoms with Crippen molar-refractivity contribution in [3.05, 3.63) is 313 Å². The number of hydrogen-bond acceptors (Lipinski definition) is 2. The van der Waals surface area contributed by atoms with Gasteiger partial charge >= 0.3 is 0 Å². The molecule has 0 saturated carbocycles. The molecule has 0 bridgehead atoms. The van der Waals surface area contributed by atoms with Gasteiger partial charge in [-0.2, -0.15) is 0 Å². The van der Waals surface area contributed by atoms with Crippen molar-refractivity contribution < 1.29 is 0 Å². The number of hydrogen-bond donors (Lipinski definition) is 0. The average Bonchev–Trinajstić information content (AvgIpc) is 1.32. The maximum Gasteiger partial charge on any atom is 0.252 e. The Morgan fingerprint density at radius 1 is 0.312 bits per heavy atom. The molecule has 1 aliphatic carbocycles. The molecule has 0 fully saturated rings. The summed E-state index contributed by atoms with van der Waals surface area (Å²) in [5.41, 5.74) is 33.1. The number of para-hydroxylation sites is 3. The van der Waals surface area contributed by atoms with E-state index in [9.17, 15) is 0 Å². The maximum atomic E-state index is 2.74. The molecular weight excluding hydrogens is 1120 g/mol. The van der Waals surface area contributed by atoms with Gasteiger partial charge in [-0.25, -0.2) is 0 Å². The molecule has 0 N–H and O–H groups in total. The maximum absolute atomic E-state index is 2.74. The van der Waals surface area contributed by atoms with E-state index in [1.54, 1.807) is 0 Å². The van der Waals surface area contributed by atoms with Crippen LogP contribution in [0.3, 0.4) is 0 Å². The zero-order chi connectivity index (χ0) is 63.1. The Morgan fingerprint density at radius 2 is 0.763 bits per heavy atom. The van der Waals surface area contributed by atoms with Gasteiger partial charge in [0.2, 0.25) is 0 Å². The summed E-state index contributed by atoms with van der Waals surface area (Å²) in [5, 5.41) is 2.47. The zero-order valence-electron chi connectivity index (χ0n) is 54.1. The molecule has 1 aromatic heterocycles. The van der Waals surface area contributed by atoms with Crippen molar-refractivity contribution in [2.75, 3.05) is 9.80 Å². The molecule has 3 heterocycles. The van der Waals surface area contributed by atoms with E-state index in [4.69, 9.17) is 0 Å². The van der Waals surface area contributed by atoms with E-state index >= 15 is 0 Å². The lowest BCUT2D eigenvalue weighted by Gasteiger charge is -2.46. The molecule has 17 rings (SSSR count). The van der Waals surface area contributed by atoms with Crippen LogP contribution >= 0.6 is 0 Å². The summed E-state index contributed by atoms with van der Waals surface area (Å²) < 4.78 is 2.51. The fourth-order valence-electron chi connectivity index (χ4n) is 16.0. The van der Waals surface area contributed by atoms with Gasteiger partial charge in [-0.15, -0.1) is 0 Å². The minimum atomic E-state index is -0.304. The molecule has 446 valence electrons. The molecule has 3 aliphatic rings. The number of rotatable bonds is 8. The van der Waals surface area contributed by atoms with E-state index < -0.39 is 0 Å². The highest BCUT2D eigenvalue weighted by Crippen LogP contribution is 2.57. The molecule has 3 nitrogen and oxygen atoms in total. The smallest absolute Gasteiger partial charge is 0.252 e. The van der Waals surface area contributed by atoms with E-state index in [2.05, 4.69) is 361 Å². The summed E-state index contributed by atoms with van der Waals surface area (Å²) in [6.45, 7) is 18.8. The fraction of sp³-hybridized carbons (Fsp3) is 0.124. The molecule has 0 atom stereocenters. The minimum absolute atomic E-state index is 0.157. The van der Waals surface area contributed by atoms with Gasteiger partial charge in [-0.1, -0.05) is 292 Å². The second kappa shape index (κ2) is 21.2. The lowest BCUT2D eigenvalue weighted by atomic mass is 9.33. The first kappa shape index (κ1) is 56.3. The normalized spacial score (nSPS) is 13.6. The summed E-state index contributed by atoms with van der Waals surface area (Å²) in [7, 11) is 0. The van der Waals surface area contributed by atoms with Gasteiger partial charge in [0.25, 0.3) is 6.71 Å². The first-order valence-electron chi connectivity index (χ1n) is 33.0. The third-order valence-corrected chi connectivity index (χ3v) is 20.4. The Balaban J connectivity index is 1.09. The second-order valence-corrected chi connectivity index (χ2v) is 28.4. The largest absolute Gasteiger partial charge is 0.310 e. The van der Waals surface area contributed by atoms with E-state index in [-0.39, 0.29) is 23.0 Å². The summed E-state index contributed by atoms with van der Waals surface area (Å²) in [5.74, 6) is 0.